The minimum atomic E-state index is -0.147. The maximum Gasteiger partial charge on any atom is 0.302 e. The van der Waals surface area contributed by atoms with E-state index in [0.717, 1.165) is 37.0 Å². The maximum absolute atomic E-state index is 11.6. The van der Waals surface area contributed by atoms with E-state index in [1.54, 1.807) is 12.5 Å². The van der Waals surface area contributed by atoms with Gasteiger partial charge in [-0.05, 0) is 86.4 Å². The molecule has 162 valence electrons. The number of carbonyl (C=O) groups excluding carboxylic acids is 2. The molecule has 0 radical (unpaired) electrons. The third kappa shape index (κ3) is 3.45. The average molecular weight is 402 g/mol. The molecule has 1 N–H and O–H groups in total. The predicted octanol–water partition coefficient (Wildman–Crippen LogP) is 5.02. The summed E-state index contributed by atoms with van der Waals surface area (Å²) in [5.74, 6) is 2.83. The molecule has 0 heterocycles. The highest BCUT2D eigenvalue weighted by atomic mass is 16.5. The van der Waals surface area contributed by atoms with Crippen molar-refractivity contribution < 1.29 is 14.3 Å². The van der Waals surface area contributed by atoms with Gasteiger partial charge in [0, 0.05) is 26.3 Å². The Labute approximate surface area is 176 Å². The fourth-order valence-electron chi connectivity index (χ4n) is 8.25. The van der Waals surface area contributed by atoms with E-state index >= 15 is 0 Å². The van der Waals surface area contributed by atoms with Crippen molar-refractivity contribution >= 4 is 11.9 Å². The monoisotopic (exact) mass is 401 g/mol. The van der Waals surface area contributed by atoms with Gasteiger partial charge >= 0.3 is 5.97 Å². The number of hydrogen-bond donors (Lipinski definition) is 1. The van der Waals surface area contributed by atoms with Crippen LogP contribution < -0.4 is 5.32 Å². The van der Waals surface area contributed by atoms with Crippen LogP contribution in [0, 0.1) is 34.5 Å². The number of allylic oxidation sites excluding steroid dienone is 1. The minimum Gasteiger partial charge on any atom is -0.462 e. The first-order chi connectivity index (χ1) is 13.6. The van der Waals surface area contributed by atoms with Gasteiger partial charge in [0.1, 0.15) is 6.10 Å². The molecular weight excluding hydrogens is 362 g/mol. The zero-order chi connectivity index (χ0) is 21.0. The van der Waals surface area contributed by atoms with Crippen molar-refractivity contribution in [1.82, 2.24) is 5.32 Å². The van der Waals surface area contributed by atoms with E-state index in [0.29, 0.717) is 11.3 Å². The highest BCUT2D eigenvalue weighted by Crippen LogP contribution is 2.66. The number of hydrogen-bond acceptors (Lipinski definition) is 3. The van der Waals surface area contributed by atoms with Crippen LogP contribution in [-0.4, -0.2) is 24.0 Å². The molecule has 29 heavy (non-hydrogen) atoms. The molecule has 0 aromatic carbocycles. The van der Waals surface area contributed by atoms with Crippen LogP contribution in [0.4, 0.5) is 0 Å². The molecular formula is C25H39NO3. The summed E-state index contributed by atoms with van der Waals surface area (Å²) >= 11 is 0. The second-order valence-corrected chi connectivity index (χ2v) is 11.0. The third-order valence-electron chi connectivity index (χ3n) is 9.50. The van der Waals surface area contributed by atoms with Crippen molar-refractivity contribution in [2.45, 2.75) is 98.1 Å². The van der Waals surface area contributed by atoms with Crippen molar-refractivity contribution in [2.75, 3.05) is 0 Å². The minimum absolute atomic E-state index is 0.0756. The van der Waals surface area contributed by atoms with Crippen LogP contribution in [0.15, 0.2) is 11.6 Å². The van der Waals surface area contributed by atoms with Crippen molar-refractivity contribution in [2.24, 2.45) is 34.5 Å². The van der Waals surface area contributed by atoms with Gasteiger partial charge in [0.2, 0.25) is 5.91 Å². The van der Waals surface area contributed by atoms with Gasteiger partial charge in [-0.1, -0.05) is 25.5 Å². The quantitative estimate of drug-likeness (QED) is 0.533. The smallest absolute Gasteiger partial charge is 0.302 e. The lowest BCUT2D eigenvalue weighted by atomic mass is 9.47. The summed E-state index contributed by atoms with van der Waals surface area (Å²) in [5, 5.41) is 3.20. The first-order valence-electron chi connectivity index (χ1n) is 11.8. The van der Waals surface area contributed by atoms with Gasteiger partial charge in [-0.25, -0.2) is 0 Å². The molecule has 3 fully saturated rings. The zero-order valence-electron chi connectivity index (χ0n) is 18.9. The summed E-state index contributed by atoms with van der Waals surface area (Å²) in [4.78, 5) is 23.1. The van der Waals surface area contributed by atoms with E-state index in [4.69, 9.17) is 4.74 Å². The molecule has 0 aromatic heterocycles. The Bertz CT molecular complexity index is 715. The number of amides is 1. The molecule has 8 atom stereocenters. The van der Waals surface area contributed by atoms with E-state index in [1.807, 2.05) is 0 Å². The van der Waals surface area contributed by atoms with Crippen molar-refractivity contribution in [3.63, 3.8) is 0 Å². The lowest BCUT2D eigenvalue weighted by molar-refractivity contribution is -0.148. The topological polar surface area (TPSA) is 55.4 Å². The lowest BCUT2D eigenvalue weighted by Gasteiger charge is -2.58. The predicted molar refractivity (Wildman–Crippen MR) is 114 cm³/mol. The van der Waals surface area contributed by atoms with Crippen LogP contribution in [0.2, 0.25) is 0 Å². The molecule has 0 saturated heterocycles. The van der Waals surface area contributed by atoms with Gasteiger partial charge in [0.25, 0.3) is 0 Å². The second kappa shape index (κ2) is 7.42. The van der Waals surface area contributed by atoms with Crippen molar-refractivity contribution in [1.29, 1.82) is 0 Å². The fourth-order valence-corrected chi connectivity index (χ4v) is 8.25. The molecule has 4 aliphatic rings. The number of carbonyl (C=O) groups is 2. The molecule has 4 heteroatoms. The zero-order valence-corrected chi connectivity index (χ0v) is 18.9. The Morgan fingerprint density at radius 2 is 1.86 bits per heavy atom. The number of nitrogens with one attached hydrogen (secondary N) is 1. The second-order valence-electron chi connectivity index (χ2n) is 11.0. The summed E-state index contributed by atoms with van der Waals surface area (Å²) in [6.45, 7) is 10.4. The summed E-state index contributed by atoms with van der Waals surface area (Å²) in [6, 6.07) is 0.267. The molecule has 0 bridgehead atoms. The maximum atomic E-state index is 11.6. The summed E-state index contributed by atoms with van der Waals surface area (Å²) < 4.78 is 5.56. The molecule has 8 unspecified atom stereocenters. The van der Waals surface area contributed by atoms with E-state index in [2.05, 4.69) is 32.2 Å². The number of ether oxygens (including phenoxy) is 1. The molecule has 4 nitrogen and oxygen atoms in total. The molecule has 0 aliphatic heterocycles. The van der Waals surface area contributed by atoms with Gasteiger partial charge in [0.15, 0.2) is 0 Å². The molecule has 0 aromatic rings. The molecule has 0 spiro atoms. The van der Waals surface area contributed by atoms with Crippen molar-refractivity contribution in [3.05, 3.63) is 11.6 Å². The van der Waals surface area contributed by atoms with E-state index < -0.39 is 0 Å². The standard InChI is InChI=1S/C25H39NO3/c1-15(26-16(2)27)21-8-9-22-20-7-6-18-14-19(29-17(3)28)10-12-24(18,4)23(20)11-13-25(21,22)5/h6,15,19-23H,7-14H2,1-5H3,(H,26,27). The normalized spacial score (nSPS) is 44.6. The molecule has 4 aliphatic carbocycles. The summed E-state index contributed by atoms with van der Waals surface area (Å²) in [5.41, 5.74) is 2.18. The van der Waals surface area contributed by atoms with Crippen LogP contribution in [-0.2, 0) is 14.3 Å². The first-order valence-corrected chi connectivity index (χ1v) is 11.8. The third-order valence-corrected chi connectivity index (χ3v) is 9.50. The number of esters is 1. The average Bonchev–Trinajstić information content (AvgIpc) is 2.98. The van der Waals surface area contributed by atoms with Crippen molar-refractivity contribution in [3.8, 4) is 0 Å². The number of fused-ring (bicyclic) bond motifs is 5. The lowest BCUT2D eigenvalue weighted by Crippen LogP contribution is -2.52. The molecule has 4 rings (SSSR count). The Hall–Kier alpha value is -1.32. The van der Waals surface area contributed by atoms with Gasteiger partial charge in [-0.15, -0.1) is 0 Å². The first kappa shape index (κ1) is 20.9. The van der Waals surface area contributed by atoms with Gasteiger partial charge < -0.3 is 10.1 Å². The SMILES string of the molecule is CC(=O)NC(C)C1CCC2C3CC=C4CC(OC(C)=O)CCC4(C)C3CCC12C. The van der Waals surface area contributed by atoms with Crippen LogP contribution >= 0.6 is 0 Å². The highest BCUT2D eigenvalue weighted by Gasteiger charge is 2.59. The Kier molecular flexibility index (Phi) is 5.36. The van der Waals surface area contributed by atoms with Crippen LogP contribution in [0.3, 0.4) is 0 Å². The molecule has 3 saturated carbocycles. The number of rotatable bonds is 3. The van der Waals surface area contributed by atoms with E-state index in [1.165, 1.54) is 39.0 Å². The van der Waals surface area contributed by atoms with Crippen LogP contribution in [0.1, 0.15) is 86.0 Å². The Morgan fingerprint density at radius 3 is 2.55 bits per heavy atom. The Balaban J connectivity index is 1.54. The Morgan fingerprint density at radius 1 is 1.10 bits per heavy atom. The largest absolute Gasteiger partial charge is 0.462 e. The highest BCUT2D eigenvalue weighted by molar-refractivity contribution is 5.73. The fraction of sp³-hybridized carbons (Fsp3) is 0.840. The van der Waals surface area contributed by atoms with E-state index in [-0.39, 0.29) is 29.4 Å². The van der Waals surface area contributed by atoms with Crippen LogP contribution in [0.5, 0.6) is 0 Å². The summed E-state index contributed by atoms with van der Waals surface area (Å²) in [6.07, 6.45) is 12.0. The van der Waals surface area contributed by atoms with Gasteiger partial charge in [-0.3, -0.25) is 9.59 Å². The van der Waals surface area contributed by atoms with Gasteiger partial charge in [0.05, 0.1) is 0 Å². The summed E-state index contributed by atoms with van der Waals surface area (Å²) in [7, 11) is 0. The molecule has 1 amide bonds. The van der Waals surface area contributed by atoms with E-state index in [9.17, 15) is 9.59 Å². The van der Waals surface area contributed by atoms with Crippen LogP contribution in [0.25, 0.3) is 0 Å². The van der Waals surface area contributed by atoms with Gasteiger partial charge in [-0.2, -0.15) is 0 Å².